The number of rotatable bonds is 1. The first kappa shape index (κ1) is 11.6. The normalized spacial score (nSPS) is 10.0. The van der Waals surface area contributed by atoms with Gasteiger partial charge in [0.1, 0.15) is 11.2 Å². The average Bonchev–Trinajstić information content (AvgIpc) is 2.32. The molecule has 1 heterocycles. The minimum absolute atomic E-state index is 0.253. The Morgan fingerprint density at radius 2 is 1.94 bits per heavy atom. The zero-order valence-corrected chi connectivity index (χ0v) is 10.4. The molecule has 3 heteroatoms. The van der Waals surface area contributed by atoms with E-state index in [1.54, 1.807) is 6.20 Å². The third-order valence-corrected chi connectivity index (χ3v) is 3.12. The lowest BCUT2D eigenvalue weighted by Gasteiger charge is -2.07. The van der Waals surface area contributed by atoms with Crippen LogP contribution in [0.5, 0.6) is 0 Å². The van der Waals surface area contributed by atoms with Crippen molar-refractivity contribution in [2.45, 2.75) is 13.8 Å². The molecule has 0 saturated carbocycles. The quantitative estimate of drug-likeness (QED) is 0.712. The maximum atomic E-state index is 9.11. The molecule has 2 nitrogen and oxygen atoms in total. The van der Waals surface area contributed by atoms with Gasteiger partial charge in [-0.15, -0.1) is 0 Å². The molecule has 2 rings (SSSR count). The van der Waals surface area contributed by atoms with E-state index in [4.69, 9.17) is 16.9 Å². The van der Waals surface area contributed by atoms with Gasteiger partial charge in [0, 0.05) is 11.8 Å². The van der Waals surface area contributed by atoms with Crippen LogP contribution in [-0.4, -0.2) is 4.98 Å². The molecule has 0 spiro atoms. The van der Waals surface area contributed by atoms with Crippen LogP contribution in [0.2, 0.25) is 5.15 Å². The summed E-state index contributed by atoms with van der Waals surface area (Å²) in [4.78, 5) is 3.92. The summed E-state index contributed by atoms with van der Waals surface area (Å²) in [6.45, 7) is 4.11. The highest BCUT2D eigenvalue weighted by atomic mass is 35.5. The largest absolute Gasteiger partial charge is 0.243 e. The monoisotopic (exact) mass is 242 g/mol. The average molecular weight is 243 g/mol. The lowest BCUT2D eigenvalue weighted by Crippen LogP contribution is -1.90. The van der Waals surface area contributed by atoms with Crippen molar-refractivity contribution in [1.29, 1.82) is 5.26 Å². The number of nitriles is 1. The zero-order chi connectivity index (χ0) is 12.4. The maximum absolute atomic E-state index is 9.11. The first-order chi connectivity index (χ1) is 8.13. The summed E-state index contributed by atoms with van der Waals surface area (Å²) in [5.41, 5.74) is 4.67. The van der Waals surface area contributed by atoms with Crippen LogP contribution >= 0.6 is 11.6 Å². The lowest BCUT2D eigenvalue weighted by atomic mass is 9.98. The molecule has 0 radical (unpaired) electrons. The fraction of sp³-hybridized carbons (Fsp3) is 0.143. The summed E-state index contributed by atoms with van der Waals surface area (Å²) in [7, 11) is 0. The predicted molar refractivity (Wildman–Crippen MR) is 68.9 cm³/mol. The SMILES string of the molecule is Cc1ccc(-c2ccnc(Cl)c2C#N)cc1C. The molecule has 0 aliphatic rings. The first-order valence-electron chi connectivity index (χ1n) is 5.25. The van der Waals surface area contributed by atoms with Gasteiger partial charge in [-0.25, -0.2) is 4.98 Å². The van der Waals surface area contributed by atoms with Gasteiger partial charge in [-0.3, -0.25) is 0 Å². The molecule has 84 valence electrons. The Hall–Kier alpha value is -1.85. The van der Waals surface area contributed by atoms with Crippen LogP contribution < -0.4 is 0 Å². The fourth-order valence-electron chi connectivity index (χ4n) is 1.69. The molecule has 0 N–H and O–H groups in total. The van der Waals surface area contributed by atoms with Gasteiger partial charge in [0.25, 0.3) is 0 Å². The number of nitrogens with zero attached hydrogens (tertiary/aromatic N) is 2. The molecule has 2 aromatic rings. The Morgan fingerprint density at radius 1 is 1.18 bits per heavy atom. The van der Waals surface area contributed by atoms with Gasteiger partial charge in [-0.2, -0.15) is 5.26 Å². The molecule has 17 heavy (non-hydrogen) atoms. The van der Waals surface area contributed by atoms with E-state index in [-0.39, 0.29) is 5.15 Å². The number of hydrogen-bond donors (Lipinski definition) is 0. The van der Waals surface area contributed by atoms with Crippen molar-refractivity contribution in [3.05, 3.63) is 52.3 Å². The zero-order valence-electron chi connectivity index (χ0n) is 9.66. The molecular weight excluding hydrogens is 232 g/mol. The number of aryl methyl sites for hydroxylation is 2. The van der Waals surface area contributed by atoms with E-state index in [9.17, 15) is 0 Å². The highest BCUT2D eigenvalue weighted by molar-refractivity contribution is 6.31. The van der Waals surface area contributed by atoms with Crippen LogP contribution in [0.3, 0.4) is 0 Å². The Labute approximate surface area is 105 Å². The molecule has 0 unspecified atom stereocenters. The molecule has 0 amide bonds. The van der Waals surface area contributed by atoms with Crippen molar-refractivity contribution in [1.82, 2.24) is 4.98 Å². The summed E-state index contributed by atoms with van der Waals surface area (Å²) < 4.78 is 0. The van der Waals surface area contributed by atoms with E-state index in [0.29, 0.717) is 5.56 Å². The van der Waals surface area contributed by atoms with Crippen molar-refractivity contribution >= 4 is 11.6 Å². The predicted octanol–water partition coefficient (Wildman–Crippen LogP) is 3.89. The van der Waals surface area contributed by atoms with E-state index < -0.39 is 0 Å². The van der Waals surface area contributed by atoms with Crippen molar-refractivity contribution < 1.29 is 0 Å². The summed E-state index contributed by atoms with van der Waals surface area (Å²) in [6, 6.07) is 10.0. The highest BCUT2D eigenvalue weighted by Crippen LogP contribution is 2.28. The van der Waals surface area contributed by atoms with E-state index in [0.717, 1.165) is 11.1 Å². The summed E-state index contributed by atoms with van der Waals surface area (Å²) >= 11 is 5.92. The van der Waals surface area contributed by atoms with Gasteiger partial charge >= 0.3 is 0 Å². The molecule has 1 aromatic carbocycles. The summed E-state index contributed by atoms with van der Waals surface area (Å²) in [5, 5.41) is 9.36. The minimum Gasteiger partial charge on any atom is -0.243 e. The lowest BCUT2D eigenvalue weighted by molar-refractivity contribution is 1.29. The molecule has 0 fully saturated rings. The van der Waals surface area contributed by atoms with Gasteiger partial charge in [0.2, 0.25) is 0 Å². The second kappa shape index (κ2) is 4.57. The second-order valence-corrected chi connectivity index (χ2v) is 4.29. The van der Waals surface area contributed by atoms with Gasteiger partial charge in [-0.1, -0.05) is 29.8 Å². The smallest absolute Gasteiger partial charge is 0.147 e. The van der Waals surface area contributed by atoms with Crippen molar-refractivity contribution in [3.63, 3.8) is 0 Å². The van der Waals surface area contributed by atoms with E-state index in [1.807, 2.05) is 25.1 Å². The van der Waals surface area contributed by atoms with Gasteiger partial charge in [0.15, 0.2) is 0 Å². The topological polar surface area (TPSA) is 36.7 Å². The van der Waals surface area contributed by atoms with Crippen LogP contribution in [0.15, 0.2) is 30.5 Å². The van der Waals surface area contributed by atoms with Gasteiger partial charge < -0.3 is 0 Å². The van der Waals surface area contributed by atoms with Crippen LogP contribution in [0, 0.1) is 25.2 Å². The molecule has 0 bridgehead atoms. The van der Waals surface area contributed by atoms with Crippen molar-refractivity contribution in [3.8, 4) is 17.2 Å². The van der Waals surface area contributed by atoms with E-state index in [2.05, 4.69) is 24.0 Å². The Bertz CT molecular complexity index is 612. The summed E-state index contributed by atoms with van der Waals surface area (Å²) in [5.74, 6) is 0. The van der Waals surface area contributed by atoms with Crippen LogP contribution in [0.4, 0.5) is 0 Å². The Kier molecular flexibility index (Phi) is 3.12. The number of hydrogen-bond acceptors (Lipinski definition) is 2. The third-order valence-electron chi connectivity index (χ3n) is 2.83. The maximum Gasteiger partial charge on any atom is 0.147 e. The summed E-state index contributed by atoms with van der Waals surface area (Å²) in [6.07, 6.45) is 1.62. The van der Waals surface area contributed by atoms with Gasteiger partial charge in [-0.05, 0) is 36.6 Å². The van der Waals surface area contributed by atoms with Crippen LogP contribution in [-0.2, 0) is 0 Å². The number of halogens is 1. The van der Waals surface area contributed by atoms with E-state index in [1.165, 1.54) is 11.1 Å². The van der Waals surface area contributed by atoms with Crippen molar-refractivity contribution in [2.75, 3.05) is 0 Å². The molecule has 1 aromatic heterocycles. The van der Waals surface area contributed by atoms with E-state index >= 15 is 0 Å². The highest BCUT2D eigenvalue weighted by Gasteiger charge is 2.09. The molecule has 0 atom stereocenters. The first-order valence-corrected chi connectivity index (χ1v) is 5.63. The number of aromatic nitrogens is 1. The minimum atomic E-state index is 0.253. The van der Waals surface area contributed by atoms with Crippen molar-refractivity contribution in [2.24, 2.45) is 0 Å². The standard InChI is InChI=1S/C14H11ClN2/c1-9-3-4-11(7-10(9)2)12-5-6-17-14(15)13(12)8-16/h3-7H,1-2H3. The third kappa shape index (κ3) is 2.15. The number of pyridine rings is 1. The fourth-order valence-corrected chi connectivity index (χ4v) is 1.89. The van der Waals surface area contributed by atoms with Gasteiger partial charge in [0.05, 0.1) is 5.56 Å². The number of benzene rings is 1. The molecule has 0 saturated heterocycles. The molecule has 0 aliphatic heterocycles. The Morgan fingerprint density at radius 3 is 2.59 bits per heavy atom. The Balaban J connectivity index is 2.65. The van der Waals surface area contributed by atoms with Crippen LogP contribution in [0.25, 0.3) is 11.1 Å². The molecule has 0 aliphatic carbocycles. The molecular formula is C14H11ClN2. The second-order valence-electron chi connectivity index (χ2n) is 3.94. The van der Waals surface area contributed by atoms with Crippen LogP contribution in [0.1, 0.15) is 16.7 Å².